The number of carbonyl (C=O) groups excluding carboxylic acids is 2. The van der Waals surface area contributed by atoms with Crippen LogP contribution in [0.5, 0.6) is 5.75 Å². The van der Waals surface area contributed by atoms with Crippen LogP contribution in [0.25, 0.3) is 0 Å². The Morgan fingerprint density at radius 3 is 2.39 bits per heavy atom. The van der Waals surface area contributed by atoms with E-state index in [0.717, 1.165) is 5.56 Å². The molecule has 1 rings (SSSR count). The Balaban J connectivity index is 3.02. The molecule has 0 aliphatic heterocycles. The molecule has 4 heteroatoms. The van der Waals surface area contributed by atoms with Crippen molar-refractivity contribution in [3.8, 4) is 5.75 Å². The number of rotatable bonds is 5. The van der Waals surface area contributed by atoms with E-state index in [1.54, 1.807) is 6.07 Å². The quantitative estimate of drug-likeness (QED) is 0.458. The topological polar surface area (TPSA) is 52.6 Å². The lowest BCUT2D eigenvalue weighted by molar-refractivity contribution is -0.139. The molecule has 18 heavy (non-hydrogen) atoms. The third-order valence-electron chi connectivity index (χ3n) is 2.73. The van der Waals surface area contributed by atoms with Crippen molar-refractivity contribution in [2.45, 2.75) is 26.2 Å². The van der Waals surface area contributed by atoms with Crippen LogP contribution >= 0.6 is 0 Å². The van der Waals surface area contributed by atoms with Gasteiger partial charge in [-0.25, -0.2) is 0 Å². The fourth-order valence-electron chi connectivity index (χ4n) is 1.60. The molecule has 0 N–H and O–H groups in total. The maximum atomic E-state index is 11.9. The molecule has 0 atom stereocenters. The lowest BCUT2D eigenvalue weighted by atomic mass is 9.98. The fourth-order valence-corrected chi connectivity index (χ4v) is 1.60. The summed E-state index contributed by atoms with van der Waals surface area (Å²) in [4.78, 5) is 23.0. The van der Waals surface area contributed by atoms with E-state index in [1.165, 1.54) is 14.2 Å². The molecule has 0 bridgehead atoms. The lowest BCUT2D eigenvalue weighted by Crippen LogP contribution is -2.11. The third kappa shape index (κ3) is 3.32. The van der Waals surface area contributed by atoms with Gasteiger partial charge in [-0.1, -0.05) is 19.9 Å². The van der Waals surface area contributed by atoms with Gasteiger partial charge in [-0.05, 0) is 23.6 Å². The number of benzene rings is 1. The molecule has 1 aromatic rings. The molecular weight excluding hydrogens is 232 g/mol. The first-order chi connectivity index (χ1) is 8.49. The zero-order valence-electron chi connectivity index (χ0n) is 11.1. The highest BCUT2D eigenvalue weighted by Crippen LogP contribution is 2.25. The molecule has 0 unspecified atom stereocenters. The second-order valence-corrected chi connectivity index (χ2v) is 4.29. The van der Waals surface area contributed by atoms with Crippen LogP contribution < -0.4 is 4.74 Å². The van der Waals surface area contributed by atoms with Gasteiger partial charge in [-0.3, -0.25) is 9.59 Å². The van der Waals surface area contributed by atoms with Crippen molar-refractivity contribution in [1.82, 2.24) is 0 Å². The van der Waals surface area contributed by atoms with Crippen LogP contribution in [-0.2, 0) is 9.53 Å². The molecule has 0 aliphatic rings. The summed E-state index contributed by atoms with van der Waals surface area (Å²) in [5.41, 5.74) is 1.49. The Kier molecular flexibility index (Phi) is 4.89. The van der Waals surface area contributed by atoms with Gasteiger partial charge in [0.2, 0.25) is 0 Å². The summed E-state index contributed by atoms with van der Waals surface area (Å²) >= 11 is 0. The molecule has 0 radical (unpaired) electrons. The van der Waals surface area contributed by atoms with Gasteiger partial charge in [0.15, 0.2) is 5.78 Å². The zero-order valence-corrected chi connectivity index (χ0v) is 11.1. The Bertz CT molecular complexity index is 449. The molecule has 0 saturated carbocycles. The first kappa shape index (κ1) is 14.2. The van der Waals surface area contributed by atoms with E-state index in [2.05, 4.69) is 18.6 Å². The van der Waals surface area contributed by atoms with Crippen molar-refractivity contribution in [3.05, 3.63) is 29.3 Å². The van der Waals surface area contributed by atoms with Gasteiger partial charge in [0.1, 0.15) is 12.2 Å². The molecule has 1 aromatic carbocycles. The fraction of sp³-hybridized carbons (Fsp3) is 0.429. The van der Waals surface area contributed by atoms with Crippen LogP contribution in [0, 0.1) is 0 Å². The molecule has 0 fully saturated rings. The SMILES string of the molecule is COC(=O)CC(=O)c1ccc(C(C)C)cc1OC. The summed E-state index contributed by atoms with van der Waals surface area (Å²) in [6.45, 7) is 4.12. The maximum absolute atomic E-state index is 11.9. The summed E-state index contributed by atoms with van der Waals surface area (Å²) in [5.74, 6) is 0.00255. The minimum atomic E-state index is -0.546. The van der Waals surface area contributed by atoms with Crippen LogP contribution in [-0.4, -0.2) is 26.0 Å². The molecule has 0 saturated heterocycles. The van der Waals surface area contributed by atoms with Gasteiger partial charge in [0.05, 0.1) is 19.8 Å². The van der Waals surface area contributed by atoms with Crippen LogP contribution in [0.2, 0.25) is 0 Å². The van der Waals surface area contributed by atoms with Crippen molar-refractivity contribution in [3.63, 3.8) is 0 Å². The smallest absolute Gasteiger partial charge is 0.313 e. The Morgan fingerprint density at radius 1 is 1.22 bits per heavy atom. The predicted molar refractivity (Wildman–Crippen MR) is 68.0 cm³/mol. The zero-order chi connectivity index (χ0) is 13.7. The van der Waals surface area contributed by atoms with E-state index in [0.29, 0.717) is 17.2 Å². The third-order valence-corrected chi connectivity index (χ3v) is 2.73. The Morgan fingerprint density at radius 2 is 1.89 bits per heavy atom. The van der Waals surface area contributed by atoms with Crippen molar-refractivity contribution in [2.75, 3.05) is 14.2 Å². The summed E-state index contributed by atoms with van der Waals surface area (Å²) in [7, 11) is 2.77. The van der Waals surface area contributed by atoms with Gasteiger partial charge < -0.3 is 9.47 Å². The van der Waals surface area contributed by atoms with E-state index in [1.807, 2.05) is 12.1 Å². The minimum Gasteiger partial charge on any atom is -0.496 e. The highest BCUT2D eigenvalue weighted by atomic mass is 16.5. The summed E-state index contributed by atoms with van der Waals surface area (Å²) in [6.07, 6.45) is -0.270. The number of hydrogen-bond acceptors (Lipinski definition) is 4. The van der Waals surface area contributed by atoms with Crippen molar-refractivity contribution >= 4 is 11.8 Å². The Labute approximate surface area is 107 Å². The largest absolute Gasteiger partial charge is 0.496 e. The monoisotopic (exact) mass is 250 g/mol. The van der Waals surface area contributed by atoms with E-state index in [4.69, 9.17) is 4.74 Å². The number of ketones is 1. The second-order valence-electron chi connectivity index (χ2n) is 4.29. The van der Waals surface area contributed by atoms with Crippen LogP contribution in [0.4, 0.5) is 0 Å². The molecule has 0 spiro atoms. The number of ether oxygens (including phenoxy) is 2. The van der Waals surface area contributed by atoms with E-state index in [9.17, 15) is 9.59 Å². The number of hydrogen-bond donors (Lipinski definition) is 0. The molecule has 0 aromatic heterocycles. The maximum Gasteiger partial charge on any atom is 0.313 e. The average molecular weight is 250 g/mol. The molecule has 0 aliphatic carbocycles. The van der Waals surface area contributed by atoms with Crippen molar-refractivity contribution in [1.29, 1.82) is 0 Å². The number of Topliss-reactive ketones (excluding diaryl/α,β-unsaturated/α-hetero) is 1. The number of esters is 1. The molecule has 0 amide bonds. The van der Waals surface area contributed by atoms with Crippen LogP contribution in [0.1, 0.15) is 42.1 Å². The van der Waals surface area contributed by atoms with Crippen LogP contribution in [0.15, 0.2) is 18.2 Å². The highest BCUT2D eigenvalue weighted by Gasteiger charge is 2.17. The molecule has 98 valence electrons. The van der Waals surface area contributed by atoms with Crippen molar-refractivity contribution in [2.24, 2.45) is 0 Å². The molecular formula is C14H18O4. The summed E-state index contributed by atoms with van der Waals surface area (Å²) < 4.78 is 9.68. The van der Waals surface area contributed by atoms with E-state index >= 15 is 0 Å². The normalized spacial score (nSPS) is 10.3. The molecule has 0 heterocycles. The predicted octanol–water partition coefficient (Wildman–Crippen LogP) is 2.56. The van der Waals surface area contributed by atoms with E-state index < -0.39 is 5.97 Å². The lowest BCUT2D eigenvalue weighted by Gasteiger charge is -2.11. The minimum absolute atomic E-state index is 0.270. The Hall–Kier alpha value is -1.84. The van der Waals surface area contributed by atoms with Crippen LogP contribution in [0.3, 0.4) is 0 Å². The number of methoxy groups -OCH3 is 2. The summed E-state index contributed by atoms with van der Waals surface area (Å²) in [5, 5.41) is 0. The van der Waals surface area contributed by atoms with E-state index in [-0.39, 0.29) is 12.2 Å². The van der Waals surface area contributed by atoms with Gasteiger partial charge >= 0.3 is 5.97 Å². The standard InChI is InChI=1S/C14H18O4/c1-9(2)10-5-6-11(13(7-10)17-3)12(15)8-14(16)18-4/h5-7,9H,8H2,1-4H3. The summed E-state index contributed by atoms with van der Waals surface area (Å²) in [6, 6.07) is 5.40. The first-order valence-corrected chi connectivity index (χ1v) is 5.77. The second kappa shape index (κ2) is 6.19. The van der Waals surface area contributed by atoms with Gasteiger partial charge in [0.25, 0.3) is 0 Å². The highest BCUT2D eigenvalue weighted by molar-refractivity contribution is 6.07. The number of carbonyl (C=O) groups is 2. The van der Waals surface area contributed by atoms with Gasteiger partial charge in [0, 0.05) is 0 Å². The molecule has 4 nitrogen and oxygen atoms in total. The van der Waals surface area contributed by atoms with Crippen molar-refractivity contribution < 1.29 is 19.1 Å². The van der Waals surface area contributed by atoms with Gasteiger partial charge in [-0.2, -0.15) is 0 Å². The average Bonchev–Trinajstić information content (AvgIpc) is 2.37. The van der Waals surface area contributed by atoms with Gasteiger partial charge in [-0.15, -0.1) is 0 Å². The first-order valence-electron chi connectivity index (χ1n) is 5.77.